The maximum Gasteiger partial charge on any atom is 0.274 e. The number of aromatic nitrogens is 1. The lowest BCUT2D eigenvalue weighted by Gasteiger charge is -2.20. The van der Waals surface area contributed by atoms with Gasteiger partial charge in [-0.25, -0.2) is 0 Å². The lowest BCUT2D eigenvalue weighted by atomic mass is 9.96. The Balaban J connectivity index is 1.60. The molecule has 1 aromatic heterocycles. The van der Waals surface area contributed by atoms with E-state index in [1.165, 1.54) is 0 Å². The number of rotatable bonds is 6. The first kappa shape index (κ1) is 19.5. The van der Waals surface area contributed by atoms with E-state index in [9.17, 15) is 9.59 Å². The topological polar surface area (TPSA) is 84.2 Å². The van der Waals surface area contributed by atoms with Crippen molar-refractivity contribution in [2.45, 2.75) is 31.7 Å². The summed E-state index contributed by atoms with van der Waals surface area (Å²) in [6, 6.07) is 13.6. The van der Waals surface area contributed by atoms with Crippen molar-refractivity contribution in [2.24, 2.45) is 0 Å². The minimum Gasteiger partial charge on any atom is -0.360 e. The van der Waals surface area contributed by atoms with Gasteiger partial charge in [-0.3, -0.25) is 9.59 Å². The molecular formula is C22H22ClN3O3. The number of alkyl halides is 1. The van der Waals surface area contributed by atoms with Crippen LogP contribution in [-0.4, -0.2) is 29.4 Å². The minimum absolute atomic E-state index is 0.130. The summed E-state index contributed by atoms with van der Waals surface area (Å²) in [4.78, 5) is 24.6. The molecule has 1 heterocycles. The third kappa shape index (κ3) is 4.27. The van der Waals surface area contributed by atoms with E-state index >= 15 is 0 Å². The highest BCUT2D eigenvalue weighted by Gasteiger charge is 2.26. The molecule has 150 valence electrons. The molecular weight excluding hydrogens is 390 g/mol. The van der Waals surface area contributed by atoms with Crippen LogP contribution in [0.15, 0.2) is 47.0 Å². The van der Waals surface area contributed by atoms with Gasteiger partial charge in [-0.05, 0) is 41.7 Å². The summed E-state index contributed by atoms with van der Waals surface area (Å²) in [5.41, 5.74) is 2.13. The summed E-state index contributed by atoms with van der Waals surface area (Å²) < 4.78 is 5.37. The quantitative estimate of drug-likeness (QED) is 0.608. The number of carbonyl (C=O) groups is 2. The number of amides is 2. The van der Waals surface area contributed by atoms with Gasteiger partial charge in [0, 0.05) is 18.5 Å². The fourth-order valence-electron chi connectivity index (χ4n) is 3.73. The van der Waals surface area contributed by atoms with Gasteiger partial charge < -0.3 is 15.2 Å². The van der Waals surface area contributed by atoms with Gasteiger partial charge in [-0.15, -0.1) is 11.6 Å². The van der Waals surface area contributed by atoms with Crippen LogP contribution in [0.5, 0.6) is 0 Å². The molecule has 0 saturated heterocycles. The van der Waals surface area contributed by atoms with Crippen molar-refractivity contribution in [3.8, 4) is 0 Å². The normalized spacial score (nSPS) is 14.2. The Morgan fingerprint density at radius 1 is 1.10 bits per heavy atom. The Kier molecular flexibility index (Phi) is 5.81. The van der Waals surface area contributed by atoms with E-state index in [1.807, 2.05) is 42.5 Å². The van der Waals surface area contributed by atoms with Crippen LogP contribution in [0.1, 0.15) is 46.3 Å². The van der Waals surface area contributed by atoms with E-state index in [-0.39, 0.29) is 24.2 Å². The highest BCUT2D eigenvalue weighted by molar-refractivity contribution is 6.27. The summed E-state index contributed by atoms with van der Waals surface area (Å²) in [6.45, 7) is 0.232. The summed E-state index contributed by atoms with van der Waals surface area (Å²) in [6.07, 6.45) is 3.68. The lowest BCUT2D eigenvalue weighted by molar-refractivity contribution is -0.118. The molecule has 0 fully saturated rings. The average Bonchev–Trinajstić information content (AvgIpc) is 3.20. The van der Waals surface area contributed by atoms with E-state index in [4.69, 9.17) is 16.1 Å². The Bertz CT molecular complexity index is 1050. The predicted molar refractivity (Wildman–Crippen MR) is 111 cm³/mol. The summed E-state index contributed by atoms with van der Waals surface area (Å²) in [5, 5.41) is 12.0. The standard InChI is InChI=1S/C22H22ClN3O3/c23-12-20(27)24-13-18(16-10-9-14-5-1-2-6-15(14)11-16)25-22(28)21-17-7-3-4-8-19(17)29-26-21/h1-2,5-6,9-11,18H,3-4,7-8,12-13H2,(H,24,27)(H,25,28). The van der Waals surface area contributed by atoms with Crippen molar-refractivity contribution in [3.05, 3.63) is 65.0 Å². The van der Waals surface area contributed by atoms with Crippen molar-refractivity contribution >= 4 is 34.2 Å². The molecule has 3 aromatic rings. The molecule has 6 nitrogen and oxygen atoms in total. The smallest absolute Gasteiger partial charge is 0.274 e. The molecule has 0 aliphatic heterocycles. The summed E-state index contributed by atoms with van der Waals surface area (Å²) in [5.74, 6) is 0.0923. The maximum absolute atomic E-state index is 13.0. The molecule has 1 aliphatic rings. The van der Waals surface area contributed by atoms with Crippen molar-refractivity contribution in [1.82, 2.24) is 15.8 Å². The van der Waals surface area contributed by atoms with Crippen LogP contribution >= 0.6 is 11.6 Å². The molecule has 0 saturated carbocycles. The van der Waals surface area contributed by atoms with Crippen LogP contribution in [0.3, 0.4) is 0 Å². The van der Waals surface area contributed by atoms with Crippen LogP contribution in [-0.2, 0) is 17.6 Å². The number of nitrogens with one attached hydrogen (secondary N) is 2. The number of hydrogen-bond acceptors (Lipinski definition) is 4. The fraction of sp³-hybridized carbons (Fsp3) is 0.318. The third-order valence-corrected chi connectivity index (χ3v) is 5.51. The molecule has 4 rings (SSSR count). The first-order chi connectivity index (χ1) is 14.2. The summed E-state index contributed by atoms with van der Waals surface area (Å²) >= 11 is 5.60. The molecule has 0 bridgehead atoms. The van der Waals surface area contributed by atoms with Crippen LogP contribution in [0, 0.1) is 0 Å². The van der Waals surface area contributed by atoms with E-state index in [0.717, 1.165) is 53.3 Å². The van der Waals surface area contributed by atoms with Crippen LogP contribution in [0.4, 0.5) is 0 Å². The molecule has 0 radical (unpaired) electrons. The third-order valence-electron chi connectivity index (χ3n) is 5.27. The number of nitrogens with zero attached hydrogens (tertiary/aromatic N) is 1. The zero-order valence-electron chi connectivity index (χ0n) is 15.9. The van der Waals surface area contributed by atoms with Crippen molar-refractivity contribution in [2.75, 3.05) is 12.4 Å². The maximum atomic E-state index is 13.0. The number of halogens is 1. The first-order valence-corrected chi connectivity index (χ1v) is 10.3. The average molecular weight is 412 g/mol. The molecule has 29 heavy (non-hydrogen) atoms. The summed E-state index contributed by atoms with van der Waals surface area (Å²) in [7, 11) is 0. The minimum atomic E-state index is -0.421. The van der Waals surface area contributed by atoms with E-state index in [2.05, 4.69) is 15.8 Å². The second kappa shape index (κ2) is 8.66. The van der Waals surface area contributed by atoms with Gasteiger partial charge in [-0.2, -0.15) is 0 Å². The van der Waals surface area contributed by atoms with Gasteiger partial charge in [0.25, 0.3) is 5.91 Å². The van der Waals surface area contributed by atoms with Gasteiger partial charge in [-0.1, -0.05) is 41.6 Å². The van der Waals surface area contributed by atoms with Gasteiger partial charge in [0.05, 0.1) is 6.04 Å². The molecule has 7 heteroatoms. The van der Waals surface area contributed by atoms with Crippen molar-refractivity contribution in [1.29, 1.82) is 0 Å². The zero-order valence-corrected chi connectivity index (χ0v) is 16.7. The van der Waals surface area contributed by atoms with Gasteiger partial charge >= 0.3 is 0 Å². The molecule has 0 spiro atoms. The Morgan fingerprint density at radius 2 is 1.90 bits per heavy atom. The van der Waals surface area contributed by atoms with Gasteiger partial charge in [0.15, 0.2) is 5.69 Å². The molecule has 2 aromatic carbocycles. The van der Waals surface area contributed by atoms with Crippen LogP contribution in [0.25, 0.3) is 10.8 Å². The SMILES string of the molecule is O=C(CCl)NCC(NC(=O)c1noc2c1CCCC2)c1ccc2ccccc2c1. The first-order valence-electron chi connectivity index (χ1n) is 9.75. The Labute approximate surface area is 173 Å². The number of benzene rings is 2. The van der Waals surface area contributed by atoms with Gasteiger partial charge in [0.2, 0.25) is 5.91 Å². The van der Waals surface area contributed by atoms with E-state index in [1.54, 1.807) is 0 Å². The lowest BCUT2D eigenvalue weighted by Crippen LogP contribution is -2.38. The monoisotopic (exact) mass is 411 g/mol. The number of fused-ring (bicyclic) bond motifs is 2. The highest BCUT2D eigenvalue weighted by Crippen LogP contribution is 2.25. The zero-order chi connectivity index (χ0) is 20.2. The number of aryl methyl sites for hydroxylation is 1. The predicted octanol–water partition coefficient (Wildman–Crippen LogP) is 3.53. The van der Waals surface area contributed by atoms with Crippen LogP contribution < -0.4 is 10.6 Å². The number of carbonyl (C=O) groups excluding carboxylic acids is 2. The number of hydrogen-bond donors (Lipinski definition) is 2. The molecule has 1 aliphatic carbocycles. The second-order valence-electron chi connectivity index (χ2n) is 7.21. The largest absolute Gasteiger partial charge is 0.360 e. The van der Waals surface area contributed by atoms with E-state index in [0.29, 0.717) is 5.69 Å². The Morgan fingerprint density at radius 3 is 2.72 bits per heavy atom. The van der Waals surface area contributed by atoms with Gasteiger partial charge in [0.1, 0.15) is 11.6 Å². The molecule has 2 amide bonds. The van der Waals surface area contributed by atoms with Crippen molar-refractivity contribution in [3.63, 3.8) is 0 Å². The molecule has 1 atom stereocenters. The van der Waals surface area contributed by atoms with Crippen LogP contribution in [0.2, 0.25) is 0 Å². The molecule has 2 N–H and O–H groups in total. The molecule has 1 unspecified atom stereocenters. The Hall–Kier alpha value is -2.86. The highest BCUT2D eigenvalue weighted by atomic mass is 35.5. The van der Waals surface area contributed by atoms with E-state index < -0.39 is 6.04 Å². The van der Waals surface area contributed by atoms with Crippen molar-refractivity contribution < 1.29 is 14.1 Å². The fourth-order valence-corrected chi connectivity index (χ4v) is 3.82. The second-order valence-corrected chi connectivity index (χ2v) is 7.48.